The Kier molecular flexibility index (Phi) is 4.12. The lowest BCUT2D eigenvalue weighted by molar-refractivity contribution is 0.0991. The van der Waals surface area contributed by atoms with Gasteiger partial charge in [0.25, 0.3) is 5.91 Å². The fraction of sp³-hybridized carbons (Fsp3) is 0.214. The van der Waals surface area contributed by atoms with Crippen molar-refractivity contribution in [3.05, 3.63) is 52.2 Å². The Labute approximate surface area is 111 Å². The van der Waals surface area contributed by atoms with Crippen LogP contribution in [0, 0.1) is 6.92 Å². The van der Waals surface area contributed by atoms with Crippen molar-refractivity contribution in [1.29, 1.82) is 0 Å². The third kappa shape index (κ3) is 2.78. The highest BCUT2D eigenvalue weighted by Gasteiger charge is 2.17. The summed E-state index contributed by atoms with van der Waals surface area (Å²) in [6.45, 7) is 2.99. The Bertz CT molecular complexity index is 522. The van der Waals surface area contributed by atoms with Gasteiger partial charge in [-0.05, 0) is 36.1 Å². The molecule has 2 aromatic rings. The van der Waals surface area contributed by atoms with Crippen molar-refractivity contribution in [2.45, 2.75) is 6.92 Å². The number of nitrogens with zero attached hydrogens (tertiary/aromatic N) is 1. The molecule has 0 atom stereocenters. The molecule has 18 heavy (non-hydrogen) atoms. The normalized spacial score (nSPS) is 10.3. The number of rotatable bonds is 4. The maximum Gasteiger partial charge on any atom is 0.268 e. The molecule has 2 N–H and O–H groups in total. The highest BCUT2D eigenvalue weighted by atomic mass is 32.1. The van der Waals surface area contributed by atoms with E-state index in [1.54, 1.807) is 4.90 Å². The van der Waals surface area contributed by atoms with Crippen LogP contribution in [0.3, 0.4) is 0 Å². The molecule has 0 saturated heterocycles. The van der Waals surface area contributed by atoms with Crippen LogP contribution in [0.1, 0.15) is 15.2 Å². The number of nitrogens with two attached hydrogens (primary N) is 1. The van der Waals surface area contributed by atoms with Gasteiger partial charge in [-0.1, -0.05) is 18.2 Å². The maximum absolute atomic E-state index is 12.4. The highest BCUT2D eigenvalue weighted by Crippen LogP contribution is 2.20. The number of carbonyl (C=O) groups excluding carboxylic acids is 1. The van der Waals surface area contributed by atoms with Crippen LogP contribution in [0.4, 0.5) is 5.69 Å². The minimum atomic E-state index is 0.0149. The summed E-state index contributed by atoms with van der Waals surface area (Å²) in [5, 5.41) is 1.91. The summed E-state index contributed by atoms with van der Waals surface area (Å²) in [5.41, 5.74) is 7.64. The second kappa shape index (κ2) is 5.80. The quantitative estimate of drug-likeness (QED) is 0.918. The summed E-state index contributed by atoms with van der Waals surface area (Å²) < 4.78 is 0. The van der Waals surface area contributed by atoms with Gasteiger partial charge in [0.05, 0.1) is 4.88 Å². The Morgan fingerprint density at radius 2 is 2.17 bits per heavy atom. The summed E-state index contributed by atoms with van der Waals surface area (Å²) >= 11 is 1.45. The first kappa shape index (κ1) is 12.8. The van der Waals surface area contributed by atoms with Gasteiger partial charge in [0.1, 0.15) is 0 Å². The van der Waals surface area contributed by atoms with Crippen molar-refractivity contribution < 1.29 is 4.79 Å². The van der Waals surface area contributed by atoms with Crippen molar-refractivity contribution in [2.75, 3.05) is 18.0 Å². The van der Waals surface area contributed by atoms with Crippen LogP contribution in [-0.2, 0) is 0 Å². The summed E-state index contributed by atoms with van der Waals surface area (Å²) in [6.07, 6.45) is 0. The Hall–Kier alpha value is -1.65. The van der Waals surface area contributed by atoms with E-state index in [9.17, 15) is 4.79 Å². The fourth-order valence-electron chi connectivity index (χ4n) is 1.81. The molecule has 0 spiro atoms. The number of anilines is 1. The van der Waals surface area contributed by atoms with Gasteiger partial charge >= 0.3 is 0 Å². The van der Waals surface area contributed by atoms with E-state index in [2.05, 4.69) is 0 Å². The summed E-state index contributed by atoms with van der Waals surface area (Å²) in [4.78, 5) is 14.9. The average Bonchev–Trinajstić information content (AvgIpc) is 2.89. The van der Waals surface area contributed by atoms with Crippen LogP contribution in [0.2, 0.25) is 0 Å². The van der Waals surface area contributed by atoms with E-state index >= 15 is 0 Å². The van der Waals surface area contributed by atoms with Crippen molar-refractivity contribution in [3.8, 4) is 0 Å². The smallest absolute Gasteiger partial charge is 0.268 e. The molecule has 3 nitrogen and oxygen atoms in total. The molecule has 0 bridgehead atoms. The molecule has 94 valence electrons. The molecule has 0 fully saturated rings. The molecule has 0 aliphatic carbocycles. The molecule has 0 aliphatic heterocycles. The largest absolute Gasteiger partial charge is 0.329 e. The van der Waals surface area contributed by atoms with Gasteiger partial charge in [0.15, 0.2) is 0 Å². The second-order valence-electron chi connectivity index (χ2n) is 4.06. The standard InChI is InChI=1S/C14H16N2OS/c1-11-4-2-5-12(10-11)16(8-7-15)14(17)13-6-3-9-18-13/h2-6,9-10H,7-8,15H2,1H3. The van der Waals surface area contributed by atoms with Crippen LogP contribution in [0.15, 0.2) is 41.8 Å². The summed E-state index contributed by atoms with van der Waals surface area (Å²) in [5.74, 6) is 0.0149. The SMILES string of the molecule is Cc1cccc(N(CCN)C(=O)c2cccs2)c1. The zero-order valence-electron chi connectivity index (χ0n) is 10.3. The molecular weight excluding hydrogens is 244 g/mol. The van der Waals surface area contributed by atoms with E-state index in [0.717, 1.165) is 16.1 Å². The Morgan fingerprint density at radius 3 is 2.78 bits per heavy atom. The maximum atomic E-state index is 12.4. The lowest BCUT2D eigenvalue weighted by Crippen LogP contribution is -2.35. The highest BCUT2D eigenvalue weighted by molar-refractivity contribution is 7.12. The molecule has 4 heteroatoms. The van der Waals surface area contributed by atoms with Gasteiger partial charge in [-0.25, -0.2) is 0 Å². The molecule has 1 heterocycles. The third-order valence-electron chi connectivity index (χ3n) is 2.64. The summed E-state index contributed by atoms with van der Waals surface area (Å²) in [6, 6.07) is 11.6. The number of aryl methyl sites for hydroxylation is 1. The van der Waals surface area contributed by atoms with Crippen molar-refractivity contribution in [3.63, 3.8) is 0 Å². The number of amides is 1. The predicted molar refractivity (Wildman–Crippen MR) is 76.2 cm³/mol. The first-order valence-electron chi connectivity index (χ1n) is 5.84. The second-order valence-corrected chi connectivity index (χ2v) is 5.01. The molecule has 1 aromatic heterocycles. The molecule has 0 unspecified atom stereocenters. The molecule has 0 radical (unpaired) electrons. The molecule has 1 aromatic carbocycles. The van der Waals surface area contributed by atoms with Crippen LogP contribution in [0.5, 0.6) is 0 Å². The molecule has 0 saturated carbocycles. The monoisotopic (exact) mass is 260 g/mol. The van der Waals surface area contributed by atoms with Gasteiger partial charge in [0, 0.05) is 18.8 Å². The first-order chi connectivity index (χ1) is 8.72. The van der Waals surface area contributed by atoms with E-state index in [1.807, 2.05) is 48.7 Å². The number of thiophene rings is 1. The molecule has 1 amide bonds. The van der Waals surface area contributed by atoms with E-state index in [-0.39, 0.29) is 5.91 Å². The van der Waals surface area contributed by atoms with E-state index in [1.165, 1.54) is 11.3 Å². The van der Waals surface area contributed by atoms with Crippen molar-refractivity contribution in [2.24, 2.45) is 5.73 Å². The zero-order chi connectivity index (χ0) is 13.0. The van der Waals surface area contributed by atoms with Crippen LogP contribution in [0.25, 0.3) is 0 Å². The van der Waals surface area contributed by atoms with Crippen LogP contribution in [-0.4, -0.2) is 19.0 Å². The zero-order valence-corrected chi connectivity index (χ0v) is 11.1. The van der Waals surface area contributed by atoms with Gasteiger partial charge in [-0.15, -0.1) is 11.3 Å². The minimum absolute atomic E-state index is 0.0149. The lowest BCUT2D eigenvalue weighted by atomic mass is 10.2. The fourth-order valence-corrected chi connectivity index (χ4v) is 2.48. The van der Waals surface area contributed by atoms with Crippen LogP contribution >= 0.6 is 11.3 Å². The minimum Gasteiger partial charge on any atom is -0.329 e. The number of benzene rings is 1. The van der Waals surface area contributed by atoms with E-state index in [4.69, 9.17) is 5.73 Å². The molecule has 0 aliphatic rings. The third-order valence-corrected chi connectivity index (χ3v) is 3.50. The molecular formula is C14H16N2OS. The topological polar surface area (TPSA) is 46.3 Å². The Morgan fingerprint density at radius 1 is 1.33 bits per heavy atom. The van der Waals surface area contributed by atoms with Crippen molar-refractivity contribution >= 4 is 22.9 Å². The lowest BCUT2D eigenvalue weighted by Gasteiger charge is -2.21. The molecule has 2 rings (SSSR count). The van der Waals surface area contributed by atoms with Gasteiger partial charge in [-0.2, -0.15) is 0 Å². The van der Waals surface area contributed by atoms with Gasteiger partial charge < -0.3 is 10.6 Å². The van der Waals surface area contributed by atoms with Crippen LogP contribution < -0.4 is 10.6 Å². The van der Waals surface area contributed by atoms with Gasteiger partial charge in [0.2, 0.25) is 0 Å². The summed E-state index contributed by atoms with van der Waals surface area (Å²) in [7, 11) is 0. The van der Waals surface area contributed by atoms with Gasteiger partial charge in [-0.3, -0.25) is 4.79 Å². The van der Waals surface area contributed by atoms with E-state index in [0.29, 0.717) is 13.1 Å². The number of hydrogen-bond acceptors (Lipinski definition) is 3. The van der Waals surface area contributed by atoms with E-state index < -0.39 is 0 Å². The number of carbonyl (C=O) groups is 1. The average molecular weight is 260 g/mol. The Balaban J connectivity index is 2.31. The first-order valence-corrected chi connectivity index (χ1v) is 6.72. The predicted octanol–water partition coefficient (Wildman–Crippen LogP) is 2.66. The van der Waals surface area contributed by atoms with Crippen molar-refractivity contribution in [1.82, 2.24) is 0 Å². The number of hydrogen-bond donors (Lipinski definition) is 1.